The van der Waals surface area contributed by atoms with E-state index in [0.717, 1.165) is 122 Å². The van der Waals surface area contributed by atoms with Crippen LogP contribution in [0.3, 0.4) is 0 Å². The van der Waals surface area contributed by atoms with Gasteiger partial charge in [0, 0.05) is 44.0 Å². The molecule has 14 nitrogen and oxygen atoms in total. The Balaban J connectivity index is -0.000000705. The van der Waals surface area contributed by atoms with Crippen LogP contribution in [0.1, 0.15) is 264 Å². The number of nitrogens with one attached hydrogen (secondary N) is 2. The van der Waals surface area contributed by atoms with E-state index in [4.69, 9.17) is 19.3 Å². The maximum atomic E-state index is 12.6. The number of hydrogen-bond donors (Lipinski definition) is 5. The smallest absolute Gasteiger partial charge is 0.345 e. The van der Waals surface area contributed by atoms with Crippen molar-refractivity contribution < 1.29 is 58.3 Å². The molecule has 0 aliphatic heterocycles. The molecule has 15 heteroatoms. The molecule has 0 heterocycles. The van der Waals surface area contributed by atoms with E-state index in [2.05, 4.69) is 182 Å². The van der Waals surface area contributed by atoms with Gasteiger partial charge in [-0.3, -0.25) is 19.2 Å². The fourth-order valence-electron chi connectivity index (χ4n) is 7.98. The van der Waals surface area contributed by atoms with Crippen LogP contribution in [0.15, 0.2) is 158 Å². The molecule has 2 unspecified atom stereocenters. The highest BCUT2D eigenvalue weighted by Crippen LogP contribution is 2.24. The molecule has 0 saturated carbocycles. The molecule has 2 atom stereocenters. The summed E-state index contributed by atoms with van der Waals surface area (Å²) in [4.78, 5) is 71.0. The van der Waals surface area contributed by atoms with E-state index < -0.39 is 24.2 Å². The van der Waals surface area contributed by atoms with E-state index in [1.165, 1.54) is 62.6 Å². The number of carboxylic acids is 1. The quantitative estimate of drug-likeness (QED) is 0.00797. The van der Waals surface area contributed by atoms with Crippen LogP contribution >= 0.6 is 22.6 Å². The summed E-state index contributed by atoms with van der Waals surface area (Å²) in [5, 5.41) is 34.0. The highest BCUT2D eigenvalue weighted by molar-refractivity contribution is 14.1. The third-order valence-corrected chi connectivity index (χ3v) is 13.0. The van der Waals surface area contributed by atoms with Crippen molar-refractivity contribution in [2.45, 2.75) is 254 Å². The van der Waals surface area contributed by atoms with Crippen LogP contribution in [0, 0.1) is 0 Å². The minimum atomic E-state index is -1.24. The minimum Gasteiger partial charge on any atom is -0.507 e. The number of carbonyl (C=O) groups is 6. The number of carbonyl (C=O) groups excluding carboxylic acids is 5. The van der Waals surface area contributed by atoms with Crippen molar-refractivity contribution in [1.82, 2.24) is 0 Å². The number of unbranched alkanes of at least 4 members (excludes halogenated alkanes) is 10. The van der Waals surface area contributed by atoms with Crippen molar-refractivity contribution in [2.75, 3.05) is 10.6 Å². The molecule has 5 N–H and O–H groups in total. The first-order valence-electron chi connectivity index (χ1n) is 32.3. The number of anilines is 2. The molecule has 0 saturated heterocycles. The van der Waals surface area contributed by atoms with Crippen molar-refractivity contribution in [2.24, 2.45) is 0 Å². The van der Waals surface area contributed by atoms with Crippen molar-refractivity contribution in [3.8, 4) is 11.5 Å². The van der Waals surface area contributed by atoms with E-state index in [1.807, 2.05) is 6.92 Å². The monoisotopic (exact) mass is 1390 g/mol. The van der Waals surface area contributed by atoms with Gasteiger partial charge in [-0.05, 0) is 169 Å². The SMILES string of the molecule is C.C.C.CC/C=C\C/C=C\C/C=C\C/C=C\C/C=C\CCCC(=O)Nc1ccc(O)c(C(=O)O)c1.CC/C=C\C/C=C\C/C=C\C/C=C\C/C=C\CCCC(=O)Nc1ccc(O)c(C(=O)OC(C)OC(=O)CCCCCCC)c1.CCCCCCCC(=O)OC(C)I. The molecule has 0 fully saturated rings. The van der Waals surface area contributed by atoms with Crippen molar-refractivity contribution in [3.63, 3.8) is 0 Å². The van der Waals surface area contributed by atoms with E-state index in [-0.39, 0.29) is 73.2 Å². The molecule has 92 heavy (non-hydrogen) atoms. The Morgan fingerprint density at radius 3 is 1.10 bits per heavy atom. The van der Waals surface area contributed by atoms with Crippen LogP contribution in [-0.2, 0) is 33.4 Å². The summed E-state index contributed by atoms with van der Waals surface area (Å²) in [7, 11) is 0. The molecule has 516 valence electrons. The number of aromatic hydroxyl groups is 2. The predicted molar refractivity (Wildman–Crippen MR) is 395 cm³/mol. The first kappa shape index (κ1) is 91.4. The summed E-state index contributed by atoms with van der Waals surface area (Å²) in [5.74, 6) is -3.56. The van der Waals surface area contributed by atoms with Gasteiger partial charge in [0.1, 0.15) is 26.7 Å². The van der Waals surface area contributed by atoms with Gasteiger partial charge in [0.25, 0.3) is 0 Å². The fraction of sp³-hybridized carbons (Fsp3) is 0.506. The summed E-state index contributed by atoms with van der Waals surface area (Å²) < 4.78 is 15.3. The number of phenolic OH excluding ortho intramolecular Hbond substituents is 1. The van der Waals surface area contributed by atoms with Crippen LogP contribution in [0.5, 0.6) is 11.5 Å². The first-order valence-corrected chi connectivity index (χ1v) is 33.6. The fourth-order valence-corrected chi connectivity index (χ4v) is 8.26. The van der Waals surface area contributed by atoms with E-state index in [0.29, 0.717) is 43.5 Å². The number of alkyl halides is 1. The second-order valence-corrected chi connectivity index (χ2v) is 22.6. The maximum absolute atomic E-state index is 12.6. The molecule has 2 rings (SSSR count). The average molecular weight is 1390 g/mol. The normalized spacial score (nSPS) is 12.0. The Labute approximate surface area is 569 Å². The number of esters is 3. The molecule has 2 aromatic rings. The molecule has 0 radical (unpaired) electrons. The van der Waals surface area contributed by atoms with Crippen LogP contribution in [-0.4, -0.2) is 61.4 Å². The molecule has 0 spiro atoms. The topological polar surface area (TPSA) is 215 Å². The zero-order chi connectivity index (χ0) is 65.8. The standard InChI is InChI=1S/C37H53NO6.C27H35NO4.C10H19IO2.3CH4/c1-4-6-8-10-11-12-13-14-15-16-17-18-19-20-21-23-24-26-35(40)38-32-28-29-34(39)33(30-32)37(42)44-31(3)43-36(41)27-25-22-9-7-5-2;1-2-3-4-5-6-7-8-9-10-11-12-13-14-15-16-17-18-19-26(30)28-23-20-21-25(29)24(22-23)27(31)32;1-3-4-5-6-7-8-10(12)13-9(2)11;;;/h6,8,11-12,14-15,17-18,20-21,28-31,39H,4-5,7,9-10,13,16,19,22-27H2,1-3H3,(H,38,40);3-4,6-7,9-10,12-13,15-16,20-22,29H,2,5,8,11,14,17-19H2,1H3,(H,28,30)(H,31,32);9H,3-8H2,1-2H3;3*1H4/b8-6-,12-11-,15-14-,18-17-,21-20-;4-3-,7-6-,10-9-,13-12-,16-15-;;;;. The Morgan fingerprint density at radius 2 is 0.750 bits per heavy atom. The van der Waals surface area contributed by atoms with Gasteiger partial charge in [-0.2, -0.15) is 0 Å². The number of phenols is 2. The number of hydrogen-bond acceptors (Lipinski definition) is 11. The third kappa shape index (κ3) is 56.9. The number of ether oxygens (including phenoxy) is 3. The number of halogens is 1. The Hall–Kier alpha value is -7.01. The maximum Gasteiger partial charge on any atom is 0.345 e. The average Bonchev–Trinajstić information content (AvgIpc) is 1.02. The summed E-state index contributed by atoms with van der Waals surface area (Å²) in [6.45, 7) is 11.9. The molecule has 0 aromatic heterocycles. The second kappa shape index (κ2) is 65.5. The summed E-state index contributed by atoms with van der Waals surface area (Å²) in [6, 6.07) is 8.16. The lowest BCUT2D eigenvalue weighted by Crippen LogP contribution is -2.22. The van der Waals surface area contributed by atoms with Gasteiger partial charge >= 0.3 is 23.9 Å². The number of benzene rings is 2. The summed E-state index contributed by atoms with van der Waals surface area (Å²) in [5.41, 5.74) is 0.372. The zero-order valence-corrected chi connectivity index (χ0v) is 56.5. The van der Waals surface area contributed by atoms with Crippen molar-refractivity contribution in [1.29, 1.82) is 0 Å². The second-order valence-electron chi connectivity index (χ2n) is 20.9. The number of amides is 2. The lowest BCUT2D eigenvalue weighted by molar-refractivity contribution is -0.165. The highest BCUT2D eigenvalue weighted by atomic mass is 127. The lowest BCUT2D eigenvalue weighted by atomic mass is 10.1. The van der Waals surface area contributed by atoms with Gasteiger partial charge in [0.05, 0.1) is 0 Å². The van der Waals surface area contributed by atoms with Crippen LogP contribution in [0.25, 0.3) is 0 Å². The van der Waals surface area contributed by atoms with Gasteiger partial charge in [-0.1, -0.05) is 223 Å². The molecule has 0 aliphatic rings. The van der Waals surface area contributed by atoms with E-state index >= 15 is 0 Å². The largest absolute Gasteiger partial charge is 0.507 e. The Morgan fingerprint density at radius 1 is 0.424 bits per heavy atom. The van der Waals surface area contributed by atoms with Gasteiger partial charge in [0.15, 0.2) is 0 Å². The predicted octanol–water partition coefficient (Wildman–Crippen LogP) is 22.2. The van der Waals surface area contributed by atoms with Gasteiger partial charge < -0.3 is 40.2 Å². The van der Waals surface area contributed by atoms with Crippen LogP contribution < -0.4 is 10.6 Å². The number of aromatic carboxylic acids is 1. The van der Waals surface area contributed by atoms with Gasteiger partial charge in [0.2, 0.25) is 18.1 Å². The van der Waals surface area contributed by atoms with E-state index in [1.54, 1.807) is 0 Å². The summed E-state index contributed by atoms with van der Waals surface area (Å²) >= 11 is 2.09. The van der Waals surface area contributed by atoms with Gasteiger partial charge in [-0.25, -0.2) is 9.59 Å². The number of carboxylic acid groups (broad SMARTS) is 1. The zero-order valence-electron chi connectivity index (χ0n) is 54.4. The van der Waals surface area contributed by atoms with E-state index in [9.17, 15) is 39.0 Å². The summed E-state index contributed by atoms with van der Waals surface area (Å²) in [6.07, 6.45) is 66.9. The van der Waals surface area contributed by atoms with Crippen molar-refractivity contribution in [3.05, 3.63) is 169 Å². The lowest BCUT2D eigenvalue weighted by Gasteiger charge is -2.15. The first-order chi connectivity index (χ1) is 43.1. The molecule has 0 aliphatic carbocycles. The Kier molecular flexibility index (Phi) is 65.1. The number of allylic oxidation sites excluding steroid dienone is 20. The third-order valence-electron chi connectivity index (χ3n) is 12.7. The molecule has 2 aromatic carbocycles. The number of rotatable bonds is 45. The van der Waals surface area contributed by atoms with Crippen molar-refractivity contribution >= 4 is 69.7 Å². The molecular weight excluding hydrogens is 1270 g/mol. The van der Waals surface area contributed by atoms with Gasteiger partial charge in [-0.15, -0.1) is 0 Å². The molecule has 0 bridgehead atoms. The van der Waals surface area contributed by atoms with Crippen LogP contribution in [0.4, 0.5) is 11.4 Å². The Bertz CT molecular complexity index is 2570. The van der Waals surface area contributed by atoms with Crippen LogP contribution in [0.2, 0.25) is 0 Å². The molecule has 2 amide bonds. The molecular formula is C77H119IN2O12. The minimum absolute atomic E-state index is 0. The highest BCUT2D eigenvalue weighted by Gasteiger charge is 2.20.